The molecule has 0 fully saturated rings. The summed E-state index contributed by atoms with van der Waals surface area (Å²) < 4.78 is 26.6. The Hall–Kier alpha value is -4.33. The van der Waals surface area contributed by atoms with Gasteiger partial charge in [0, 0.05) is 28.7 Å². The lowest BCUT2D eigenvalue weighted by Crippen LogP contribution is -2.11. The number of hydrogen-bond donors (Lipinski definition) is 1. The molecule has 0 amide bonds. The van der Waals surface area contributed by atoms with Crippen LogP contribution in [0.5, 0.6) is 0 Å². The van der Waals surface area contributed by atoms with Gasteiger partial charge in [-0.15, -0.1) is 0 Å². The summed E-state index contributed by atoms with van der Waals surface area (Å²) >= 11 is 0. The number of nitrogens with one attached hydrogen (secondary N) is 1. The summed E-state index contributed by atoms with van der Waals surface area (Å²) in [7, 11) is -3.62. The van der Waals surface area contributed by atoms with Gasteiger partial charge >= 0.3 is 0 Å². The van der Waals surface area contributed by atoms with Crippen LogP contribution in [-0.4, -0.2) is 17.4 Å². The smallest absolute Gasteiger partial charge is 0.268 e. The van der Waals surface area contributed by atoms with E-state index >= 15 is 0 Å². The Balaban J connectivity index is 0.000000215. The molecule has 0 bridgehead atoms. The van der Waals surface area contributed by atoms with Crippen LogP contribution in [0, 0.1) is 29.6 Å². The van der Waals surface area contributed by atoms with E-state index in [0.717, 1.165) is 21.9 Å². The molecule has 0 aliphatic rings. The molecular formula is C26H22N4O2S. The minimum absolute atomic E-state index is 0. The lowest BCUT2D eigenvalue weighted by molar-refractivity contribution is 0.589. The number of rotatable bonds is 2. The molecule has 5 rings (SSSR count). The van der Waals surface area contributed by atoms with Crippen LogP contribution >= 0.6 is 0 Å². The van der Waals surface area contributed by atoms with Gasteiger partial charge in [0.05, 0.1) is 33.7 Å². The van der Waals surface area contributed by atoms with Crippen molar-refractivity contribution in [1.29, 1.82) is 10.5 Å². The highest BCUT2D eigenvalue weighted by atomic mass is 32.2. The normalized spacial score (nSPS) is 10.5. The Morgan fingerprint density at radius 2 is 1.45 bits per heavy atom. The van der Waals surface area contributed by atoms with E-state index in [4.69, 9.17) is 10.5 Å². The van der Waals surface area contributed by atoms with E-state index < -0.39 is 10.0 Å². The predicted octanol–water partition coefficient (Wildman–Crippen LogP) is 5.73. The van der Waals surface area contributed by atoms with Crippen LogP contribution in [0.15, 0.2) is 90.1 Å². The quantitative estimate of drug-likeness (QED) is 0.368. The van der Waals surface area contributed by atoms with E-state index in [1.165, 1.54) is 10.2 Å². The highest BCUT2D eigenvalue weighted by Gasteiger charge is 2.18. The Labute approximate surface area is 193 Å². The fraction of sp³-hybridized carbons (Fsp3) is 0.0769. The van der Waals surface area contributed by atoms with Gasteiger partial charge in [-0.25, -0.2) is 12.4 Å². The molecule has 7 heteroatoms. The van der Waals surface area contributed by atoms with Crippen molar-refractivity contribution in [1.82, 2.24) is 8.96 Å². The molecule has 0 atom stereocenters. The molecule has 1 N–H and O–H groups in total. The van der Waals surface area contributed by atoms with Crippen LogP contribution in [0.1, 0.15) is 24.1 Å². The summed E-state index contributed by atoms with van der Waals surface area (Å²) in [5.41, 5.74) is 3.86. The maximum Gasteiger partial charge on any atom is 0.268 e. The Kier molecular flexibility index (Phi) is 6.67. The molecule has 0 saturated carbocycles. The van der Waals surface area contributed by atoms with Gasteiger partial charge in [-0.05, 0) is 67.6 Å². The Bertz CT molecular complexity index is 1610. The summed E-state index contributed by atoms with van der Waals surface area (Å²) in [5.74, 6) is 0. The van der Waals surface area contributed by atoms with Crippen molar-refractivity contribution >= 4 is 31.8 Å². The first-order valence-corrected chi connectivity index (χ1v) is 11.2. The van der Waals surface area contributed by atoms with Crippen LogP contribution in [0.2, 0.25) is 0 Å². The summed E-state index contributed by atoms with van der Waals surface area (Å²) in [5, 5.41) is 19.3. The maximum atomic E-state index is 12.7. The summed E-state index contributed by atoms with van der Waals surface area (Å²) in [6.07, 6.45) is 3.38. The topological polar surface area (TPSA) is 102 Å². The largest absolute Gasteiger partial charge is 0.361 e. The summed E-state index contributed by atoms with van der Waals surface area (Å²) in [4.78, 5) is 3.31. The molecule has 0 spiro atoms. The molecule has 0 unspecified atom stereocenters. The molecule has 3 aromatic carbocycles. The van der Waals surface area contributed by atoms with Gasteiger partial charge in [-0.1, -0.05) is 25.1 Å². The van der Waals surface area contributed by atoms with Gasteiger partial charge < -0.3 is 4.98 Å². The minimum Gasteiger partial charge on any atom is -0.361 e. The van der Waals surface area contributed by atoms with Crippen LogP contribution in [0.4, 0.5) is 0 Å². The zero-order chi connectivity index (χ0) is 22.7. The average molecular weight is 455 g/mol. The highest BCUT2D eigenvalue weighted by Crippen LogP contribution is 2.23. The van der Waals surface area contributed by atoms with Crippen molar-refractivity contribution in [3.8, 4) is 12.1 Å². The second-order valence-electron chi connectivity index (χ2n) is 7.21. The van der Waals surface area contributed by atoms with Gasteiger partial charge in [0.25, 0.3) is 10.0 Å². The van der Waals surface area contributed by atoms with E-state index in [1.807, 2.05) is 37.4 Å². The van der Waals surface area contributed by atoms with Gasteiger partial charge in [0.1, 0.15) is 0 Å². The fourth-order valence-electron chi connectivity index (χ4n) is 3.34. The molecule has 2 heterocycles. The van der Waals surface area contributed by atoms with E-state index in [-0.39, 0.29) is 12.3 Å². The number of aromatic nitrogens is 2. The SMILES string of the molecule is C.Cc1ccc(S(=O)(=O)n2ccc3cc(C#N)ccc32)cc1.N#Cc1ccc2[nH]ccc2c1. The van der Waals surface area contributed by atoms with Crippen LogP contribution in [0.3, 0.4) is 0 Å². The van der Waals surface area contributed by atoms with Crippen LogP contribution in [0.25, 0.3) is 21.8 Å². The van der Waals surface area contributed by atoms with E-state index in [0.29, 0.717) is 16.6 Å². The van der Waals surface area contributed by atoms with Crippen molar-refractivity contribution in [3.05, 3.63) is 102 Å². The van der Waals surface area contributed by atoms with E-state index in [9.17, 15) is 8.42 Å². The molecule has 2 aromatic heterocycles. The monoisotopic (exact) mass is 454 g/mol. The summed E-state index contributed by atoms with van der Waals surface area (Å²) in [6.45, 7) is 1.91. The highest BCUT2D eigenvalue weighted by molar-refractivity contribution is 7.90. The summed E-state index contributed by atoms with van der Waals surface area (Å²) in [6, 6.07) is 25.1. The van der Waals surface area contributed by atoms with Crippen molar-refractivity contribution in [3.63, 3.8) is 0 Å². The molecule has 5 aromatic rings. The molecular weight excluding hydrogens is 432 g/mol. The average Bonchev–Trinajstić information content (AvgIpc) is 3.45. The number of H-pyrrole nitrogens is 1. The number of fused-ring (bicyclic) bond motifs is 2. The van der Waals surface area contributed by atoms with Crippen LogP contribution < -0.4 is 0 Å². The fourth-order valence-corrected chi connectivity index (χ4v) is 4.70. The lowest BCUT2D eigenvalue weighted by atomic mass is 10.2. The molecule has 6 nitrogen and oxygen atoms in total. The first-order valence-electron chi connectivity index (χ1n) is 9.73. The van der Waals surface area contributed by atoms with Gasteiger partial charge in [0.2, 0.25) is 0 Å². The molecule has 164 valence electrons. The second-order valence-corrected chi connectivity index (χ2v) is 9.02. The lowest BCUT2D eigenvalue weighted by Gasteiger charge is -2.08. The third-order valence-electron chi connectivity index (χ3n) is 5.04. The number of nitriles is 2. The first-order chi connectivity index (χ1) is 15.4. The van der Waals surface area contributed by atoms with Crippen molar-refractivity contribution < 1.29 is 8.42 Å². The molecule has 0 saturated heterocycles. The molecule has 0 aliphatic heterocycles. The third kappa shape index (κ3) is 4.64. The number of benzene rings is 3. The van der Waals surface area contributed by atoms with Crippen molar-refractivity contribution in [2.75, 3.05) is 0 Å². The van der Waals surface area contributed by atoms with E-state index in [1.54, 1.807) is 54.6 Å². The third-order valence-corrected chi connectivity index (χ3v) is 6.75. The number of nitrogens with zero attached hydrogens (tertiary/aromatic N) is 3. The number of aromatic amines is 1. The second kappa shape index (κ2) is 9.44. The minimum atomic E-state index is -3.62. The predicted molar refractivity (Wildman–Crippen MR) is 130 cm³/mol. The maximum absolute atomic E-state index is 12.7. The molecule has 0 aliphatic carbocycles. The van der Waals surface area contributed by atoms with Crippen LogP contribution in [-0.2, 0) is 10.0 Å². The standard InChI is InChI=1S/C16H12N2O2S.C9H6N2.CH4/c1-12-2-5-15(6-3-12)21(19,20)18-9-8-14-10-13(11-17)4-7-16(14)18;10-6-7-1-2-9-8(5-7)3-4-11-9;/h2-10H,1H3;1-5,11H;1H4. The van der Waals surface area contributed by atoms with Gasteiger partial charge in [-0.2, -0.15) is 10.5 Å². The number of aryl methyl sites for hydroxylation is 1. The first kappa shape index (κ1) is 23.3. The number of hydrogen-bond acceptors (Lipinski definition) is 4. The van der Waals surface area contributed by atoms with Crippen molar-refractivity contribution in [2.24, 2.45) is 0 Å². The van der Waals surface area contributed by atoms with Gasteiger partial charge in [-0.3, -0.25) is 0 Å². The van der Waals surface area contributed by atoms with E-state index in [2.05, 4.69) is 11.1 Å². The zero-order valence-corrected chi connectivity index (χ0v) is 18.0. The Morgan fingerprint density at radius 3 is 2.12 bits per heavy atom. The molecule has 0 radical (unpaired) electrons. The van der Waals surface area contributed by atoms with Gasteiger partial charge in [0.15, 0.2) is 0 Å². The zero-order valence-electron chi connectivity index (χ0n) is 17.1. The Morgan fingerprint density at radius 1 is 0.818 bits per heavy atom. The molecule has 33 heavy (non-hydrogen) atoms. The van der Waals surface area contributed by atoms with Crippen molar-refractivity contribution in [2.45, 2.75) is 19.2 Å².